The summed E-state index contributed by atoms with van der Waals surface area (Å²) in [6.45, 7) is 1.79. The molecular weight excluding hydrogens is 271 g/mol. The average molecular weight is 286 g/mol. The van der Waals surface area contributed by atoms with Gasteiger partial charge in [0.2, 0.25) is 0 Å². The van der Waals surface area contributed by atoms with Crippen molar-refractivity contribution in [1.82, 2.24) is 4.90 Å². The zero-order valence-electron chi connectivity index (χ0n) is 10.5. The molecule has 1 aliphatic heterocycles. The fourth-order valence-corrected chi connectivity index (χ4v) is 3.76. The first-order valence-electron chi connectivity index (χ1n) is 5.86. The maximum Gasteiger partial charge on any atom is 0.254 e. The molecule has 1 fully saturated rings. The van der Waals surface area contributed by atoms with Crippen LogP contribution in [0.3, 0.4) is 0 Å². The summed E-state index contributed by atoms with van der Waals surface area (Å²) in [7, 11) is -3.09. The van der Waals surface area contributed by atoms with Crippen LogP contribution in [0.5, 0.6) is 0 Å². The summed E-state index contributed by atoms with van der Waals surface area (Å²) in [5.74, 6) is -1.11. The van der Waals surface area contributed by atoms with Gasteiger partial charge in [-0.25, -0.2) is 12.8 Å². The van der Waals surface area contributed by atoms with E-state index in [0.29, 0.717) is 0 Å². The summed E-state index contributed by atoms with van der Waals surface area (Å²) in [5, 5.41) is 0. The van der Waals surface area contributed by atoms with Crippen molar-refractivity contribution in [3.63, 3.8) is 0 Å². The Bertz CT molecular complexity index is 595. The van der Waals surface area contributed by atoms with E-state index in [1.807, 2.05) is 0 Å². The summed E-state index contributed by atoms with van der Waals surface area (Å²) >= 11 is 0. The van der Waals surface area contributed by atoms with Crippen LogP contribution in [0.25, 0.3) is 0 Å². The van der Waals surface area contributed by atoms with Crippen molar-refractivity contribution in [1.29, 1.82) is 0 Å². The number of benzene rings is 1. The molecule has 1 aromatic carbocycles. The Kier molecular flexibility index (Phi) is 3.49. The topological polar surface area (TPSA) is 80.5 Å². The van der Waals surface area contributed by atoms with Gasteiger partial charge in [0.25, 0.3) is 5.91 Å². The van der Waals surface area contributed by atoms with E-state index in [9.17, 15) is 17.6 Å². The smallest absolute Gasteiger partial charge is 0.254 e. The van der Waals surface area contributed by atoms with Crippen LogP contribution in [-0.4, -0.2) is 43.3 Å². The number of hydrogen-bond acceptors (Lipinski definition) is 4. The number of anilines is 1. The van der Waals surface area contributed by atoms with Gasteiger partial charge in [0.05, 0.1) is 11.5 Å². The number of hydrogen-bond donors (Lipinski definition) is 1. The number of rotatable bonds is 1. The zero-order chi connectivity index (χ0) is 14.2. The van der Waals surface area contributed by atoms with Gasteiger partial charge < -0.3 is 10.6 Å². The molecule has 0 spiro atoms. The number of nitrogens with two attached hydrogens (primary N) is 1. The Morgan fingerprint density at radius 3 is 2.68 bits per heavy atom. The molecule has 5 nitrogen and oxygen atoms in total. The predicted octanol–water partition coefficient (Wildman–Crippen LogP) is 0.667. The molecule has 2 rings (SSSR count). The molecule has 1 aromatic rings. The van der Waals surface area contributed by atoms with Gasteiger partial charge in [-0.1, -0.05) is 0 Å². The summed E-state index contributed by atoms with van der Waals surface area (Å²) < 4.78 is 36.1. The number of nitrogens with zero attached hydrogens (tertiary/aromatic N) is 1. The van der Waals surface area contributed by atoms with Crippen molar-refractivity contribution in [3.05, 3.63) is 29.6 Å². The molecule has 7 heteroatoms. The third-order valence-electron chi connectivity index (χ3n) is 3.10. The lowest BCUT2D eigenvalue weighted by Crippen LogP contribution is -2.49. The van der Waals surface area contributed by atoms with Crippen LogP contribution in [0.2, 0.25) is 0 Å². The van der Waals surface area contributed by atoms with Crippen molar-refractivity contribution in [3.8, 4) is 0 Å². The number of amides is 1. The number of carbonyl (C=O) groups excluding carboxylic acids is 1. The second-order valence-electron chi connectivity index (χ2n) is 4.74. The molecule has 0 bridgehead atoms. The molecule has 104 valence electrons. The lowest BCUT2D eigenvalue weighted by atomic mass is 10.1. The molecule has 0 aliphatic carbocycles. The van der Waals surface area contributed by atoms with E-state index in [4.69, 9.17) is 5.73 Å². The second-order valence-corrected chi connectivity index (χ2v) is 6.96. The minimum Gasteiger partial charge on any atom is -0.399 e. The predicted molar refractivity (Wildman–Crippen MR) is 70.0 cm³/mol. The van der Waals surface area contributed by atoms with Crippen molar-refractivity contribution in [2.45, 2.75) is 13.0 Å². The van der Waals surface area contributed by atoms with E-state index in [-0.39, 0.29) is 29.3 Å². The molecule has 2 N–H and O–H groups in total. The van der Waals surface area contributed by atoms with Crippen molar-refractivity contribution >= 4 is 21.4 Å². The van der Waals surface area contributed by atoms with Crippen LogP contribution < -0.4 is 5.73 Å². The molecule has 0 aromatic heterocycles. The lowest BCUT2D eigenvalue weighted by molar-refractivity contribution is 0.0712. The highest BCUT2D eigenvalue weighted by Crippen LogP contribution is 2.18. The molecular formula is C12H15FN2O3S. The van der Waals surface area contributed by atoms with E-state index in [0.717, 1.165) is 12.1 Å². The van der Waals surface area contributed by atoms with Crippen molar-refractivity contribution in [2.24, 2.45) is 0 Å². The normalized spacial score (nSPS) is 22.2. The lowest BCUT2D eigenvalue weighted by Gasteiger charge is -2.33. The van der Waals surface area contributed by atoms with Crippen LogP contribution in [0.15, 0.2) is 18.2 Å². The molecule has 1 atom stereocenters. The van der Waals surface area contributed by atoms with Crippen LogP contribution in [0.4, 0.5) is 10.1 Å². The van der Waals surface area contributed by atoms with E-state index in [1.165, 1.54) is 11.0 Å². The van der Waals surface area contributed by atoms with E-state index < -0.39 is 27.6 Å². The third kappa shape index (κ3) is 3.04. The Morgan fingerprint density at radius 1 is 1.42 bits per heavy atom. The monoisotopic (exact) mass is 286 g/mol. The number of halogens is 1. The molecule has 1 amide bonds. The minimum atomic E-state index is -3.09. The van der Waals surface area contributed by atoms with Gasteiger partial charge in [-0.2, -0.15) is 0 Å². The van der Waals surface area contributed by atoms with Crippen LogP contribution in [0.1, 0.15) is 17.3 Å². The second kappa shape index (κ2) is 4.80. The largest absolute Gasteiger partial charge is 0.399 e. The fraction of sp³-hybridized carbons (Fsp3) is 0.417. The molecule has 0 radical (unpaired) electrons. The van der Waals surface area contributed by atoms with Crippen molar-refractivity contribution < 1.29 is 17.6 Å². The molecule has 1 unspecified atom stereocenters. The maximum absolute atomic E-state index is 13.2. The highest BCUT2D eigenvalue weighted by atomic mass is 32.2. The Labute approximate surface area is 111 Å². The van der Waals surface area contributed by atoms with Crippen LogP contribution in [0, 0.1) is 5.82 Å². The van der Waals surface area contributed by atoms with Crippen LogP contribution >= 0.6 is 0 Å². The summed E-state index contributed by atoms with van der Waals surface area (Å²) in [4.78, 5) is 13.7. The Balaban J connectivity index is 2.25. The van der Waals surface area contributed by atoms with Gasteiger partial charge >= 0.3 is 0 Å². The maximum atomic E-state index is 13.2. The summed E-state index contributed by atoms with van der Waals surface area (Å²) in [5.41, 5.74) is 5.81. The number of sulfone groups is 1. The van der Waals surface area contributed by atoms with Crippen molar-refractivity contribution in [2.75, 3.05) is 23.8 Å². The highest BCUT2D eigenvalue weighted by molar-refractivity contribution is 7.91. The van der Waals surface area contributed by atoms with Gasteiger partial charge in [0, 0.05) is 23.8 Å². The molecule has 1 heterocycles. The zero-order valence-corrected chi connectivity index (χ0v) is 11.3. The Morgan fingerprint density at radius 2 is 2.11 bits per heavy atom. The molecule has 19 heavy (non-hydrogen) atoms. The highest BCUT2D eigenvalue weighted by Gasteiger charge is 2.31. The first kappa shape index (κ1) is 13.8. The average Bonchev–Trinajstić information content (AvgIpc) is 2.25. The quantitative estimate of drug-likeness (QED) is 0.769. The standard InChI is InChI=1S/C12H15FN2O3S/c1-8-7-19(17,18)3-2-15(8)12(16)9-4-10(13)6-11(14)5-9/h4-6,8H,2-3,7,14H2,1H3. The summed E-state index contributed by atoms with van der Waals surface area (Å²) in [6.07, 6.45) is 0. The number of carbonyl (C=O) groups is 1. The first-order valence-corrected chi connectivity index (χ1v) is 7.68. The Hall–Kier alpha value is -1.63. The fourth-order valence-electron chi connectivity index (χ4n) is 2.20. The minimum absolute atomic E-state index is 0.0616. The van der Waals surface area contributed by atoms with Crippen LogP contribution in [-0.2, 0) is 9.84 Å². The van der Waals surface area contributed by atoms with E-state index in [2.05, 4.69) is 0 Å². The van der Waals surface area contributed by atoms with E-state index >= 15 is 0 Å². The van der Waals surface area contributed by atoms with Gasteiger partial charge in [-0.3, -0.25) is 4.79 Å². The molecule has 1 aliphatic rings. The van der Waals surface area contributed by atoms with Gasteiger partial charge in [-0.05, 0) is 25.1 Å². The van der Waals surface area contributed by atoms with E-state index in [1.54, 1.807) is 6.92 Å². The summed E-state index contributed by atoms with van der Waals surface area (Å²) in [6, 6.07) is 3.20. The van der Waals surface area contributed by atoms with Gasteiger partial charge in [0.1, 0.15) is 5.82 Å². The molecule has 0 saturated carbocycles. The molecule has 1 saturated heterocycles. The third-order valence-corrected chi connectivity index (χ3v) is 4.89. The number of nitrogen functional groups attached to an aromatic ring is 1. The van der Waals surface area contributed by atoms with Gasteiger partial charge in [-0.15, -0.1) is 0 Å². The van der Waals surface area contributed by atoms with Gasteiger partial charge in [0.15, 0.2) is 9.84 Å². The first-order chi connectivity index (χ1) is 8.78. The SMILES string of the molecule is CC1CS(=O)(=O)CCN1C(=O)c1cc(N)cc(F)c1.